The van der Waals surface area contributed by atoms with Crippen molar-refractivity contribution >= 4 is 39.0 Å². The van der Waals surface area contributed by atoms with Gasteiger partial charge in [-0.15, -0.1) is 0 Å². The van der Waals surface area contributed by atoms with Crippen LogP contribution in [-0.2, 0) is 0 Å². The molecule has 1 saturated heterocycles. The summed E-state index contributed by atoms with van der Waals surface area (Å²) in [5.74, 6) is 2.48. The lowest BCUT2D eigenvalue weighted by Crippen LogP contribution is -2.32. The van der Waals surface area contributed by atoms with Gasteiger partial charge in [-0.2, -0.15) is 11.8 Å². The molecule has 0 amide bonds. The van der Waals surface area contributed by atoms with E-state index >= 15 is 0 Å². The van der Waals surface area contributed by atoms with Gasteiger partial charge in [-0.25, -0.2) is 0 Å². The van der Waals surface area contributed by atoms with Crippen molar-refractivity contribution in [2.75, 3.05) is 29.5 Å². The molecule has 1 aliphatic heterocycles. The van der Waals surface area contributed by atoms with Crippen molar-refractivity contribution < 1.29 is 0 Å². The minimum absolute atomic E-state index is 1.16. The molecule has 0 spiro atoms. The fraction of sp³-hybridized carbons (Fsp3) is 0.222. The Labute approximate surface area is 123 Å². The van der Waals surface area contributed by atoms with E-state index in [0.717, 1.165) is 13.1 Å². The number of thioether (sulfide) groups is 1. The van der Waals surface area contributed by atoms with E-state index in [1.807, 2.05) is 0 Å². The average molecular weight is 279 g/mol. The van der Waals surface area contributed by atoms with Gasteiger partial charge in [0, 0.05) is 35.7 Å². The van der Waals surface area contributed by atoms with Gasteiger partial charge in [0.25, 0.3) is 0 Å². The Bertz CT molecular complexity index is 760. The minimum atomic E-state index is 1.16. The average Bonchev–Trinajstić information content (AvgIpc) is 2.53. The van der Waals surface area contributed by atoms with Gasteiger partial charge in [-0.05, 0) is 34.4 Å². The van der Waals surface area contributed by atoms with Gasteiger partial charge in [-0.3, -0.25) is 0 Å². The van der Waals surface area contributed by atoms with Crippen LogP contribution in [0.15, 0.2) is 54.6 Å². The minimum Gasteiger partial charge on any atom is -0.369 e. The summed E-state index contributed by atoms with van der Waals surface area (Å²) in [5, 5.41) is 5.39. The van der Waals surface area contributed by atoms with Crippen LogP contribution < -0.4 is 4.90 Å². The van der Waals surface area contributed by atoms with Gasteiger partial charge in [0.05, 0.1) is 0 Å². The van der Waals surface area contributed by atoms with Crippen LogP contribution in [0.3, 0.4) is 0 Å². The smallest absolute Gasteiger partial charge is 0.0446 e. The standard InChI is InChI=1S/C18H17NS/c1-2-5-15-13-17-16(12-14(15)4-1)6-3-7-18(17)19-8-10-20-11-9-19/h1-7,12-13H,8-11H2. The predicted molar refractivity (Wildman–Crippen MR) is 91.0 cm³/mol. The maximum absolute atomic E-state index is 2.54. The molecule has 0 N–H and O–H groups in total. The molecule has 0 bridgehead atoms. The Balaban J connectivity index is 1.94. The number of hydrogen-bond acceptors (Lipinski definition) is 2. The quantitative estimate of drug-likeness (QED) is 0.601. The van der Waals surface area contributed by atoms with Gasteiger partial charge < -0.3 is 4.90 Å². The molecule has 3 aromatic rings. The molecule has 2 heteroatoms. The monoisotopic (exact) mass is 279 g/mol. The predicted octanol–water partition coefficient (Wildman–Crippen LogP) is 4.55. The van der Waals surface area contributed by atoms with Gasteiger partial charge in [0.1, 0.15) is 0 Å². The number of benzene rings is 3. The molecular formula is C18H17NS. The van der Waals surface area contributed by atoms with Gasteiger partial charge in [-0.1, -0.05) is 36.4 Å². The zero-order valence-corrected chi connectivity index (χ0v) is 12.2. The van der Waals surface area contributed by atoms with Crippen LogP contribution in [0.5, 0.6) is 0 Å². The topological polar surface area (TPSA) is 3.24 Å². The molecule has 100 valence electrons. The van der Waals surface area contributed by atoms with E-state index in [-0.39, 0.29) is 0 Å². The second kappa shape index (κ2) is 5.02. The summed E-state index contributed by atoms with van der Waals surface area (Å²) in [6.45, 7) is 2.33. The zero-order chi connectivity index (χ0) is 13.4. The van der Waals surface area contributed by atoms with Crippen LogP contribution in [0.2, 0.25) is 0 Å². The van der Waals surface area contributed by atoms with Crippen molar-refractivity contribution in [3.05, 3.63) is 54.6 Å². The van der Waals surface area contributed by atoms with Gasteiger partial charge in [0.15, 0.2) is 0 Å². The summed E-state index contributed by atoms with van der Waals surface area (Å²) >= 11 is 2.06. The first-order valence-corrected chi connectivity index (χ1v) is 8.31. The molecular weight excluding hydrogens is 262 g/mol. The molecule has 0 aliphatic carbocycles. The van der Waals surface area contributed by atoms with Crippen LogP contribution in [-0.4, -0.2) is 24.6 Å². The molecule has 1 fully saturated rings. The maximum Gasteiger partial charge on any atom is 0.0446 e. The van der Waals surface area contributed by atoms with E-state index < -0.39 is 0 Å². The summed E-state index contributed by atoms with van der Waals surface area (Å²) in [6.07, 6.45) is 0. The lowest BCUT2D eigenvalue weighted by Gasteiger charge is -2.29. The third-order valence-electron chi connectivity index (χ3n) is 4.08. The molecule has 1 nitrogen and oxygen atoms in total. The summed E-state index contributed by atoms with van der Waals surface area (Å²) in [7, 11) is 0. The largest absolute Gasteiger partial charge is 0.369 e. The fourth-order valence-corrected chi connectivity index (χ4v) is 3.93. The van der Waals surface area contributed by atoms with Crippen molar-refractivity contribution in [2.45, 2.75) is 0 Å². The van der Waals surface area contributed by atoms with E-state index in [1.54, 1.807) is 0 Å². The molecule has 0 atom stereocenters. The molecule has 3 aromatic carbocycles. The van der Waals surface area contributed by atoms with Crippen molar-refractivity contribution in [2.24, 2.45) is 0 Å². The SMILES string of the molecule is c1ccc2cc3c(N4CCSCC4)cccc3cc2c1. The number of rotatable bonds is 1. The number of hydrogen-bond donors (Lipinski definition) is 0. The number of anilines is 1. The van der Waals surface area contributed by atoms with E-state index in [9.17, 15) is 0 Å². The Morgan fingerprint density at radius 2 is 1.45 bits per heavy atom. The Hall–Kier alpha value is -1.67. The first-order chi connectivity index (χ1) is 9.92. The highest BCUT2D eigenvalue weighted by Gasteiger charge is 2.13. The van der Waals surface area contributed by atoms with Crippen LogP contribution in [0.4, 0.5) is 5.69 Å². The summed E-state index contributed by atoms with van der Waals surface area (Å²) < 4.78 is 0. The Morgan fingerprint density at radius 3 is 2.25 bits per heavy atom. The third-order valence-corrected chi connectivity index (χ3v) is 5.02. The van der Waals surface area contributed by atoms with Crippen LogP contribution in [0, 0.1) is 0 Å². The summed E-state index contributed by atoms with van der Waals surface area (Å²) in [4.78, 5) is 2.54. The lowest BCUT2D eigenvalue weighted by molar-refractivity contribution is 0.863. The molecule has 1 heterocycles. The summed E-state index contributed by atoms with van der Waals surface area (Å²) in [6, 6.07) is 20.0. The normalized spacial score (nSPS) is 15.9. The summed E-state index contributed by atoms with van der Waals surface area (Å²) in [5.41, 5.74) is 1.40. The fourth-order valence-electron chi connectivity index (χ4n) is 3.03. The van der Waals surface area contributed by atoms with E-state index in [0.29, 0.717) is 0 Å². The highest BCUT2D eigenvalue weighted by atomic mass is 32.2. The molecule has 0 aromatic heterocycles. The first-order valence-electron chi connectivity index (χ1n) is 7.16. The van der Waals surface area contributed by atoms with E-state index in [2.05, 4.69) is 71.3 Å². The van der Waals surface area contributed by atoms with Crippen molar-refractivity contribution in [1.29, 1.82) is 0 Å². The van der Waals surface area contributed by atoms with Crippen LogP contribution >= 0.6 is 11.8 Å². The maximum atomic E-state index is 2.54. The third kappa shape index (κ3) is 2.04. The van der Waals surface area contributed by atoms with Crippen LogP contribution in [0.25, 0.3) is 21.5 Å². The number of nitrogens with zero attached hydrogens (tertiary/aromatic N) is 1. The molecule has 0 radical (unpaired) electrons. The second-order valence-electron chi connectivity index (χ2n) is 5.30. The van der Waals surface area contributed by atoms with Crippen LogP contribution in [0.1, 0.15) is 0 Å². The van der Waals surface area contributed by atoms with E-state index in [1.165, 1.54) is 38.7 Å². The van der Waals surface area contributed by atoms with Gasteiger partial charge >= 0.3 is 0 Å². The first kappa shape index (κ1) is 12.1. The van der Waals surface area contributed by atoms with Crippen molar-refractivity contribution in [1.82, 2.24) is 0 Å². The second-order valence-corrected chi connectivity index (χ2v) is 6.52. The zero-order valence-electron chi connectivity index (χ0n) is 11.4. The molecule has 20 heavy (non-hydrogen) atoms. The lowest BCUT2D eigenvalue weighted by atomic mass is 10.0. The van der Waals surface area contributed by atoms with Gasteiger partial charge in [0.2, 0.25) is 0 Å². The van der Waals surface area contributed by atoms with Crippen molar-refractivity contribution in [3.8, 4) is 0 Å². The van der Waals surface area contributed by atoms with Crippen molar-refractivity contribution in [3.63, 3.8) is 0 Å². The molecule has 0 saturated carbocycles. The highest BCUT2D eigenvalue weighted by molar-refractivity contribution is 7.99. The number of fused-ring (bicyclic) bond motifs is 2. The highest BCUT2D eigenvalue weighted by Crippen LogP contribution is 2.31. The Kier molecular flexibility index (Phi) is 3.04. The molecule has 1 aliphatic rings. The van der Waals surface area contributed by atoms with E-state index in [4.69, 9.17) is 0 Å². The molecule has 0 unspecified atom stereocenters. The Morgan fingerprint density at radius 1 is 0.750 bits per heavy atom. The molecule has 4 rings (SSSR count).